The summed E-state index contributed by atoms with van der Waals surface area (Å²) in [5.74, 6) is -0.394. The van der Waals surface area contributed by atoms with Crippen LogP contribution in [0, 0.1) is 13.8 Å². The number of aromatic nitrogens is 1. The molecule has 0 radical (unpaired) electrons. The van der Waals surface area contributed by atoms with Crippen LogP contribution in [-0.2, 0) is 9.53 Å². The fraction of sp³-hybridized carbons (Fsp3) is 0.500. The summed E-state index contributed by atoms with van der Waals surface area (Å²) in [4.78, 5) is 33.0. The highest BCUT2D eigenvalue weighted by atomic mass is 32.1. The topological polar surface area (TPSA) is 98.2 Å². The predicted molar refractivity (Wildman–Crippen MR) is 135 cm³/mol. The first-order valence-electron chi connectivity index (χ1n) is 11.9. The number of benzene rings is 1. The first kappa shape index (κ1) is 26.7. The zero-order chi connectivity index (χ0) is 25.5. The van der Waals surface area contributed by atoms with Crippen molar-refractivity contribution in [3.8, 4) is 11.5 Å². The van der Waals surface area contributed by atoms with Crippen LogP contribution in [0.2, 0.25) is 0 Å². The second-order valence-electron chi connectivity index (χ2n) is 8.45. The summed E-state index contributed by atoms with van der Waals surface area (Å²) in [7, 11) is 3.14. The number of rotatable bonds is 13. The SMILES string of the molecule is CCCCCOc1ccc(C2C(C(=O)c3sc(C)nc3C)=C(O)C(=O)N2CCCOC)cc1OC. The molecule has 0 saturated heterocycles. The molecule has 0 bridgehead atoms. The maximum Gasteiger partial charge on any atom is 0.290 e. The molecule has 0 fully saturated rings. The first-order valence-corrected chi connectivity index (χ1v) is 12.7. The van der Waals surface area contributed by atoms with Crippen molar-refractivity contribution in [3.05, 3.63) is 50.7 Å². The molecule has 190 valence electrons. The molecule has 0 saturated carbocycles. The molecule has 1 unspecified atom stereocenters. The Bertz CT molecular complexity index is 1090. The standard InChI is InChI=1S/C26H34N2O6S/c1-6-7-8-14-34-19-11-10-18(15-20(19)33-5)22-21(23(29)25-16(2)27-17(3)35-25)24(30)26(31)28(22)12-9-13-32-4/h10-11,15,22,30H,6-9,12-14H2,1-5H3. The third-order valence-electron chi connectivity index (χ3n) is 5.91. The number of carbonyl (C=O) groups is 2. The summed E-state index contributed by atoms with van der Waals surface area (Å²) in [6.07, 6.45) is 3.67. The van der Waals surface area contributed by atoms with E-state index in [1.807, 2.05) is 13.0 Å². The number of methoxy groups -OCH3 is 2. The van der Waals surface area contributed by atoms with E-state index in [-0.39, 0.29) is 5.57 Å². The molecule has 2 heterocycles. The molecular formula is C26H34N2O6S. The number of thiazole rings is 1. The van der Waals surface area contributed by atoms with E-state index in [1.54, 1.807) is 33.3 Å². The van der Waals surface area contributed by atoms with Crippen molar-refractivity contribution in [2.45, 2.75) is 52.5 Å². The monoisotopic (exact) mass is 502 g/mol. The number of ether oxygens (including phenoxy) is 3. The third kappa shape index (κ3) is 5.85. The Morgan fingerprint density at radius 2 is 1.91 bits per heavy atom. The molecule has 1 atom stereocenters. The Morgan fingerprint density at radius 3 is 2.54 bits per heavy atom. The van der Waals surface area contributed by atoms with Crippen molar-refractivity contribution in [1.29, 1.82) is 0 Å². The van der Waals surface area contributed by atoms with E-state index in [0.717, 1.165) is 24.3 Å². The molecule has 0 spiro atoms. The Labute approximate surface area is 210 Å². The van der Waals surface area contributed by atoms with Gasteiger partial charge in [0, 0.05) is 20.3 Å². The number of ketones is 1. The van der Waals surface area contributed by atoms with Crippen molar-refractivity contribution in [1.82, 2.24) is 9.88 Å². The van der Waals surface area contributed by atoms with E-state index in [2.05, 4.69) is 11.9 Å². The van der Waals surface area contributed by atoms with Crippen LogP contribution in [0.25, 0.3) is 0 Å². The van der Waals surface area contributed by atoms with Gasteiger partial charge in [0.15, 0.2) is 17.3 Å². The first-order chi connectivity index (χ1) is 16.8. The number of nitrogens with zero attached hydrogens (tertiary/aromatic N) is 2. The number of unbranched alkanes of at least 4 members (excludes halogenated alkanes) is 2. The minimum Gasteiger partial charge on any atom is -0.503 e. The number of hydrogen-bond donors (Lipinski definition) is 1. The lowest BCUT2D eigenvalue weighted by Gasteiger charge is -2.27. The smallest absolute Gasteiger partial charge is 0.290 e. The Kier molecular flexibility index (Phi) is 9.28. The molecule has 1 aliphatic heterocycles. The van der Waals surface area contributed by atoms with Crippen molar-refractivity contribution in [2.75, 3.05) is 34.0 Å². The van der Waals surface area contributed by atoms with Crippen LogP contribution < -0.4 is 9.47 Å². The lowest BCUT2D eigenvalue weighted by molar-refractivity contribution is -0.129. The summed E-state index contributed by atoms with van der Waals surface area (Å²) in [5, 5.41) is 11.6. The predicted octanol–water partition coefficient (Wildman–Crippen LogP) is 4.95. The summed E-state index contributed by atoms with van der Waals surface area (Å²) in [6.45, 7) is 7.04. The lowest BCUT2D eigenvalue weighted by Crippen LogP contribution is -2.32. The lowest BCUT2D eigenvalue weighted by atomic mass is 9.94. The van der Waals surface area contributed by atoms with Gasteiger partial charge >= 0.3 is 0 Å². The van der Waals surface area contributed by atoms with E-state index >= 15 is 0 Å². The molecule has 3 rings (SSSR count). The van der Waals surface area contributed by atoms with Crippen molar-refractivity contribution in [3.63, 3.8) is 0 Å². The van der Waals surface area contributed by atoms with Crippen LogP contribution in [-0.4, -0.2) is 60.7 Å². The minimum atomic E-state index is -0.767. The number of aliphatic hydroxyl groups excluding tert-OH is 1. The summed E-state index contributed by atoms with van der Waals surface area (Å²) < 4.78 is 16.6. The second kappa shape index (κ2) is 12.2. The quantitative estimate of drug-likeness (QED) is 0.306. The molecule has 1 amide bonds. The molecule has 9 heteroatoms. The van der Waals surface area contributed by atoms with Gasteiger partial charge in [-0.2, -0.15) is 0 Å². The van der Waals surface area contributed by atoms with E-state index in [4.69, 9.17) is 14.2 Å². The maximum absolute atomic E-state index is 13.6. The third-order valence-corrected chi connectivity index (χ3v) is 6.99. The maximum atomic E-state index is 13.6. The highest BCUT2D eigenvalue weighted by molar-refractivity contribution is 7.14. The van der Waals surface area contributed by atoms with Gasteiger partial charge in [0.25, 0.3) is 5.91 Å². The largest absolute Gasteiger partial charge is 0.503 e. The van der Waals surface area contributed by atoms with Crippen LogP contribution in [0.1, 0.15) is 64.6 Å². The summed E-state index contributed by atoms with van der Waals surface area (Å²) in [5.41, 5.74) is 1.29. The summed E-state index contributed by atoms with van der Waals surface area (Å²) >= 11 is 1.26. The van der Waals surface area contributed by atoms with Gasteiger partial charge in [-0.15, -0.1) is 11.3 Å². The zero-order valence-electron chi connectivity index (χ0n) is 21.1. The van der Waals surface area contributed by atoms with Gasteiger partial charge in [-0.3, -0.25) is 9.59 Å². The Morgan fingerprint density at radius 1 is 1.14 bits per heavy atom. The fourth-order valence-electron chi connectivity index (χ4n) is 4.21. The molecule has 0 aliphatic carbocycles. The van der Waals surface area contributed by atoms with Gasteiger partial charge in [-0.1, -0.05) is 25.8 Å². The Hall–Kier alpha value is -2.91. The molecule has 35 heavy (non-hydrogen) atoms. The van der Waals surface area contributed by atoms with Crippen molar-refractivity contribution < 1.29 is 28.9 Å². The number of Topliss-reactive ketones (excluding diaryl/α,β-unsaturated/α-hetero) is 1. The van der Waals surface area contributed by atoms with Gasteiger partial charge in [0.2, 0.25) is 5.78 Å². The molecule has 1 aliphatic rings. The molecule has 8 nitrogen and oxygen atoms in total. The van der Waals surface area contributed by atoms with Gasteiger partial charge in [0.1, 0.15) is 0 Å². The molecule has 1 N–H and O–H groups in total. The van der Waals surface area contributed by atoms with Crippen molar-refractivity contribution in [2.24, 2.45) is 0 Å². The van der Waals surface area contributed by atoms with Crippen LogP contribution in [0.4, 0.5) is 0 Å². The van der Waals surface area contributed by atoms with Crippen LogP contribution >= 0.6 is 11.3 Å². The summed E-state index contributed by atoms with van der Waals surface area (Å²) in [6, 6.07) is 4.61. The Balaban J connectivity index is 2.01. The van der Waals surface area contributed by atoms with E-state index in [0.29, 0.717) is 53.8 Å². The highest BCUT2D eigenvalue weighted by Gasteiger charge is 2.44. The van der Waals surface area contributed by atoms with Gasteiger partial charge < -0.3 is 24.2 Å². The average Bonchev–Trinajstić information content (AvgIpc) is 3.31. The van der Waals surface area contributed by atoms with Gasteiger partial charge in [-0.25, -0.2) is 4.98 Å². The van der Waals surface area contributed by atoms with Gasteiger partial charge in [0.05, 0.1) is 40.9 Å². The second-order valence-corrected chi connectivity index (χ2v) is 9.66. The normalized spacial score (nSPS) is 15.7. The fourth-order valence-corrected chi connectivity index (χ4v) is 5.09. The van der Waals surface area contributed by atoms with Crippen LogP contribution in [0.3, 0.4) is 0 Å². The van der Waals surface area contributed by atoms with E-state index in [1.165, 1.54) is 16.2 Å². The van der Waals surface area contributed by atoms with Crippen LogP contribution in [0.15, 0.2) is 29.5 Å². The number of hydrogen-bond acceptors (Lipinski definition) is 8. The number of amides is 1. The number of carbonyl (C=O) groups excluding carboxylic acids is 2. The highest BCUT2D eigenvalue weighted by Crippen LogP contribution is 2.42. The molecule has 1 aromatic heterocycles. The minimum absolute atomic E-state index is 0.0536. The average molecular weight is 503 g/mol. The van der Waals surface area contributed by atoms with E-state index < -0.39 is 23.5 Å². The van der Waals surface area contributed by atoms with Crippen LogP contribution in [0.5, 0.6) is 11.5 Å². The van der Waals surface area contributed by atoms with Crippen molar-refractivity contribution >= 4 is 23.0 Å². The molecule has 1 aromatic carbocycles. The molecular weight excluding hydrogens is 468 g/mol. The number of aryl methyl sites for hydroxylation is 2. The molecule has 2 aromatic rings. The zero-order valence-corrected chi connectivity index (χ0v) is 21.9. The number of aliphatic hydroxyl groups is 1. The van der Waals surface area contributed by atoms with E-state index in [9.17, 15) is 14.7 Å². The van der Waals surface area contributed by atoms with Gasteiger partial charge in [-0.05, 0) is 44.4 Å².